The Labute approximate surface area is 201 Å². The number of aliphatic hydroxyl groups is 3. The lowest BCUT2D eigenvalue weighted by Crippen LogP contribution is -2.57. The number of phenolic OH excluding ortho intramolecular Hbond substituents is 2. The highest BCUT2D eigenvalue weighted by Gasteiger charge is 2.44. The quantitative estimate of drug-likeness (QED) is 0.398. The van der Waals surface area contributed by atoms with Gasteiger partial charge in [-0.25, -0.2) is 0 Å². The van der Waals surface area contributed by atoms with E-state index in [-0.39, 0.29) is 34.5 Å². The van der Waals surface area contributed by atoms with Crippen LogP contribution < -0.4 is 18.9 Å². The number of hydrogen-bond donors (Lipinski definition) is 5. The maximum Gasteiger partial charge on any atom is 0.228 e. The van der Waals surface area contributed by atoms with Crippen molar-refractivity contribution in [3.05, 3.63) is 41.2 Å². The molecule has 0 saturated carbocycles. The van der Waals surface area contributed by atoms with Crippen molar-refractivity contribution >= 4 is 6.08 Å². The maximum absolute atomic E-state index is 10.5. The summed E-state index contributed by atoms with van der Waals surface area (Å²) in [5.41, 5.74) is 0.892. The van der Waals surface area contributed by atoms with Crippen LogP contribution in [0.3, 0.4) is 0 Å². The van der Waals surface area contributed by atoms with E-state index in [0.717, 1.165) is 0 Å². The molecule has 0 amide bonds. The van der Waals surface area contributed by atoms with Crippen LogP contribution in [0.5, 0.6) is 34.5 Å². The zero-order valence-electron chi connectivity index (χ0n) is 19.5. The highest BCUT2D eigenvalue weighted by molar-refractivity contribution is 5.70. The molecule has 2 heterocycles. The molecule has 11 heteroatoms. The van der Waals surface area contributed by atoms with Gasteiger partial charge < -0.3 is 54.0 Å². The second-order valence-corrected chi connectivity index (χ2v) is 8.18. The molecule has 6 unspecified atom stereocenters. The second-order valence-electron chi connectivity index (χ2n) is 8.18. The summed E-state index contributed by atoms with van der Waals surface area (Å²) in [6.07, 6.45) is -5.92. The van der Waals surface area contributed by atoms with Crippen LogP contribution in [0.1, 0.15) is 24.2 Å². The van der Waals surface area contributed by atoms with Crippen LogP contribution in [-0.4, -0.2) is 77.6 Å². The van der Waals surface area contributed by atoms with Gasteiger partial charge in [0.1, 0.15) is 41.3 Å². The largest absolute Gasteiger partial charge is 0.508 e. The fourth-order valence-corrected chi connectivity index (χ4v) is 4.04. The number of aliphatic hydroxyl groups excluding tert-OH is 3. The number of phenols is 2. The SMILES string of the molecule is COc1cc(C2Oc3cc(O)cc(OC)c3C=C2OC2OC(C)C(O)C(O)C2O)cc(OC)c1O. The number of aromatic hydroxyl groups is 2. The van der Waals surface area contributed by atoms with Crippen molar-refractivity contribution in [3.8, 4) is 34.5 Å². The Hall–Kier alpha value is -3.38. The van der Waals surface area contributed by atoms with Crippen molar-refractivity contribution in [2.24, 2.45) is 0 Å². The lowest BCUT2D eigenvalue weighted by atomic mass is 9.98. The number of ether oxygens (including phenoxy) is 6. The van der Waals surface area contributed by atoms with E-state index < -0.39 is 36.8 Å². The molecular formula is C24H28O11. The molecule has 2 aliphatic heterocycles. The first-order valence-corrected chi connectivity index (χ1v) is 10.8. The lowest BCUT2D eigenvalue weighted by molar-refractivity contribution is -0.285. The van der Waals surface area contributed by atoms with E-state index in [1.165, 1.54) is 52.5 Å². The zero-order chi connectivity index (χ0) is 25.4. The van der Waals surface area contributed by atoms with Gasteiger partial charge in [-0.2, -0.15) is 0 Å². The molecule has 35 heavy (non-hydrogen) atoms. The van der Waals surface area contributed by atoms with Gasteiger partial charge in [-0.1, -0.05) is 0 Å². The number of rotatable bonds is 6. The summed E-state index contributed by atoms with van der Waals surface area (Å²) in [4.78, 5) is 0. The number of fused-ring (bicyclic) bond motifs is 1. The monoisotopic (exact) mass is 492 g/mol. The third-order valence-corrected chi connectivity index (χ3v) is 5.96. The van der Waals surface area contributed by atoms with Gasteiger partial charge in [0.05, 0.1) is 33.0 Å². The summed E-state index contributed by atoms with van der Waals surface area (Å²) in [6, 6.07) is 5.84. The molecule has 2 aromatic rings. The molecule has 190 valence electrons. The van der Waals surface area contributed by atoms with Gasteiger partial charge in [0.2, 0.25) is 12.0 Å². The Kier molecular flexibility index (Phi) is 6.86. The molecule has 0 aromatic heterocycles. The Balaban J connectivity index is 1.81. The highest BCUT2D eigenvalue weighted by atomic mass is 16.7. The molecule has 5 N–H and O–H groups in total. The van der Waals surface area contributed by atoms with Gasteiger partial charge >= 0.3 is 0 Å². The van der Waals surface area contributed by atoms with Crippen LogP contribution in [0.15, 0.2) is 30.0 Å². The molecule has 2 aliphatic rings. The fraction of sp³-hybridized carbons (Fsp3) is 0.417. The standard InChI is InChI=1S/C24H28O11/c1-10-19(26)21(28)22(29)24(33-10)35-18-9-13-14(30-2)7-12(25)8-15(13)34-23(18)11-5-16(31-3)20(27)17(6-11)32-4/h5-10,19,21-29H,1-4H3. The first kappa shape index (κ1) is 24.7. The predicted molar refractivity (Wildman–Crippen MR) is 121 cm³/mol. The molecule has 6 atom stereocenters. The average Bonchev–Trinajstić information content (AvgIpc) is 2.85. The molecule has 1 saturated heterocycles. The van der Waals surface area contributed by atoms with Crippen molar-refractivity contribution in [1.82, 2.24) is 0 Å². The van der Waals surface area contributed by atoms with Crippen molar-refractivity contribution in [1.29, 1.82) is 0 Å². The smallest absolute Gasteiger partial charge is 0.228 e. The summed E-state index contributed by atoms with van der Waals surface area (Å²) in [6.45, 7) is 1.54. The number of methoxy groups -OCH3 is 3. The van der Waals surface area contributed by atoms with E-state index in [1.54, 1.807) is 6.08 Å². The van der Waals surface area contributed by atoms with Crippen LogP contribution in [0.25, 0.3) is 6.08 Å². The molecular weight excluding hydrogens is 464 g/mol. The van der Waals surface area contributed by atoms with Gasteiger partial charge in [-0.05, 0) is 25.1 Å². The molecule has 4 rings (SSSR count). The zero-order valence-corrected chi connectivity index (χ0v) is 19.5. The topological polar surface area (TPSA) is 157 Å². The highest BCUT2D eigenvalue weighted by Crippen LogP contribution is 2.47. The first-order chi connectivity index (χ1) is 16.7. The minimum Gasteiger partial charge on any atom is -0.508 e. The molecule has 0 radical (unpaired) electrons. The molecule has 2 aromatic carbocycles. The van der Waals surface area contributed by atoms with Gasteiger partial charge in [0, 0.05) is 17.7 Å². The van der Waals surface area contributed by atoms with Crippen molar-refractivity contribution in [2.75, 3.05) is 21.3 Å². The third kappa shape index (κ3) is 4.50. The molecule has 0 aliphatic carbocycles. The van der Waals surface area contributed by atoms with Gasteiger partial charge in [-0.15, -0.1) is 0 Å². The Morgan fingerprint density at radius 1 is 0.800 bits per heavy atom. The fourth-order valence-electron chi connectivity index (χ4n) is 4.04. The number of benzene rings is 2. The van der Waals surface area contributed by atoms with E-state index in [2.05, 4.69) is 0 Å². The van der Waals surface area contributed by atoms with Gasteiger partial charge in [0.25, 0.3) is 0 Å². The van der Waals surface area contributed by atoms with Crippen LogP contribution in [0.4, 0.5) is 0 Å². The van der Waals surface area contributed by atoms with Crippen molar-refractivity contribution < 1.29 is 54.0 Å². The Morgan fingerprint density at radius 2 is 1.43 bits per heavy atom. The molecule has 11 nitrogen and oxygen atoms in total. The predicted octanol–water partition coefficient (Wildman–Crippen LogP) is 1.44. The van der Waals surface area contributed by atoms with Gasteiger partial charge in [0.15, 0.2) is 17.6 Å². The Morgan fingerprint density at radius 3 is 2.03 bits per heavy atom. The minimum atomic E-state index is -1.56. The van der Waals surface area contributed by atoms with Crippen molar-refractivity contribution in [3.63, 3.8) is 0 Å². The van der Waals surface area contributed by atoms with Crippen LogP contribution in [0, 0.1) is 0 Å². The van der Waals surface area contributed by atoms with E-state index in [4.69, 9.17) is 28.4 Å². The summed E-state index contributed by atoms with van der Waals surface area (Å²) >= 11 is 0. The first-order valence-electron chi connectivity index (χ1n) is 10.8. The molecule has 1 fully saturated rings. The van der Waals surface area contributed by atoms with Gasteiger partial charge in [-0.3, -0.25) is 0 Å². The van der Waals surface area contributed by atoms with Crippen molar-refractivity contribution in [2.45, 2.75) is 43.7 Å². The van der Waals surface area contributed by atoms with E-state index in [1.807, 2.05) is 0 Å². The summed E-state index contributed by atoms with van der Waals surface area (Å²) in [5.74, 6) is 0.655. The minimum absolute atomic E-state index is 0.0880. The summed E-state index contributed by atoms with van der Waals surface area (Å²) in [7, 11) is 4.19. The molecule has 0 bridgehead atoms. The second kappa shape index (κ2) is 9.70. The third-order valence-electron chi connectivity index (χ3n) is 5.96. The van der Waals surface area contributed by atoms with Crippen LogP contribution >= 0.6 is 0 Å². The maximum atomic E-state index is 10.5. The lowest BCUT2D eigenvalue weighted by Gasteiger charge is -2.40. The average molecular weight is 492 g/mol. The van der Waals surface area contributed by atoms with E-state index in [0.29, 0.717) is 16.9 Å². The van der Waals surface area contributed by atoms with Crippen LogP contribution in [0.2, 0.25) is 0 Å². The van der Waals surface area contributed by atoms with Crippen LogP contribution in [-0.2, 0) is 9.47 Å². The van der Waals surface area contributed by atoms with E-state index in [9.17, 15) is 25.5 Å². The number of hydrogen-bond acceptors (Lipinski definition) is 11. The summed E-state index contributed by atoms with van der Waals surface area (Å²) < 4.78 is 33.6. The Bertz CT molecular complexity index is 1090. The molecule has 0 spiro atoms. The normalized spacial score (nSPS) is 27.8. The summed E-state index contributed by atoms with van der Waals surface area (Å²) in [5, 5.41) is 51.2. The van der Waals surface area contributed by atoms with E-state index >= 15 is 0 Å².